The Labute approximate surface area is 160 Å². The van der Waals surface area contributed by atoms with E-state index in [1.807, 2.05) is 44.2 Å². The second-order valence-corrected chi connectivity index (χ2v) is 6.86. The van der Waals surface area contributed by atoms with Gasteiger partial charge >= 0.3 is 0 Å². The van der Waals surface area contributed by atoms with Crippen LogP contribution in [0.1, 0.15) is 37.6 Å². The van der Waals surface area contributed by atoms with Crippen molar-refractivity contribution in [1.29, 1.82) is 0 Å². The van der Waals surface area contributed by atoms with E-state index >= 15 is 0 Å². The highest BCUT2D eigenvalue weighted by Gasteiger charge is 2.26. The zero-order valence-corrected chi connectivity index (χ0v) is 15.8. The van der Waals surface area contributed by atoms with Gasteiger partial charge in [0.05, 0.1) is 11.7 Å². The van der Waals surface area contributed by atoms with E-state index in [4.69, 9.17) is 0 Å². The van der Waals surface area contributed by atoms with Crippen molar-refractivity contribution in [3.63, 3.8) is 0 Å². The maximum Gasteiger partial charge on any atom is 0.253 e. The number of benzene rings is 1. The highest BCUT2D eigenvalue weighted by Crippen LogP contribution is 2.18. The number of amides is 2. The summed E-state index contributed by atoms with van der Waals surface area (Å²) < 4.78 is 0. The van der Waals surface area contributed by atoms with Gasteiger partial charge in [-0.05, 0) is 30.9 Å². The lowest BCUT2D eigenvalue weighted by molar-refractivity contribution is -0.124. The molecule has 143 valence electrons. The lowest BCUT2D eigenvalue weighted by Gasteiger charge is -2.21. The number of aliphatic hydroxyl groups excluding tert-OH is 1. The lowest BCUT2D eigenvalue weighted by Crippen LogP contribution is -2.52. The Hall–Kier alpha value is -2.73. The van der Waals surface area contributed by atoms with Gasteiger partial charge in [0.2, 0.25) is 5.91 Å². The highest BCUT2D eigenvalue weighted by molar-refractivity contribution is 5.98. The van der Waals surface area contributed by atoms with Gasteiger partial charge in [-0.25, -0.2) is 0 Å². The summed E-state index contributed by atoms with van der Waals surface area (Å²) in [5.74, 6) is -0.520. The fourth-order valence-electron chi connectivity index (χ4n) is 2.47. The summed E-state index contributed by atoms with van der Waals surface area (Å²) in [5.41, 5.74) is 2.06. The third-order valence-electron chi connectivity index (χ3n) is 3.99. The molecule has 6 nitrogen and oxygen atoms in total. The Bertz CT molecular complexity index is 760. The molecule has 1 radical (unpaired) electrons. The molecule has 0 bridgehead atoms. The van der Waals surface area contributed by atoms with Crippen LogP contribution in [-0.4, -0.2) is 34.1 Å². The first-order valence-corrected chi connectivity index (χ1v) is 9.00. The summed E-state index contributed by atoms with van der Waals surface area (Å²) in [7, 11) is 0. The van der Waals surface area contributed by atoms with Crippen LogP contribution in [0, 0.1) is 12.5 Å². The first-order valence-electron chi connectivity index (χ1n) is 9.00. The summed E-state index contributed by atoms with van der Waals surface area (Å²) in [6.07, 6.45) is 2.77. The van der Waals surface area contributed by atoms with E-state index in [1.165, 1.54) is 13.1 Å². The molecule has 0 fully saturated rings. The van der Waals surface area contributed by atoms with E-state index in [0.717, 1.165) is 11.1 Å². The Balaban J connectivity index is 2.08. The van der Waals surface area contributed by atoms with Crippen LogP contribution in [0.25, 0.3) is 11.1 Å². The van der Waals surface area contributed by atoms with Crippen molar-refractivity contribution in [3.05, 3.63) is 60.9 Å². The van der Waals surface area contributed by atoms with E-state index in [2.05, 4.69) is 15.6 Å². The molecule has 0 aliphatic rings. The largest absolute Gasteiger partial charge is 0.391 e. The molecule has 1 heterocycles. The molecule has 27 heavy (non-hydrogen) atoms. The van der Waals surface area contributed by atoms with E-state index in [1.54, 1.807) is 18.8 Å². The molecule has 2 rings (SSSR count). The summed E-state index contributed by atoms with van der Waals surface area (Å²) in [4.78, 5) is 29.0. The number of aliphatic hydroxyl groups is 1. The van der Waals surface area contributed by atoms with Crippen LogP contribution < -0.4 is 10.6 Å². The second kappa shape index (κ2) is 9.83. The van der Waals surface area contributed by atoms with Gasteiger partial charge < -0.3 is 15.7 Å². The Morgan fingerprint density at radius 1 is 1.11 bits per heavy atom. The first kappa shape index (κ1) is 20.6. The predicted molar refractivity (Wildman–Crippen MR) is 105 cm³/mol. The molecule has 2 aromatic rings. The normalized spacial score (nSPS) is 13.1. The van der Waals surface area contributed by atoms with Crippen molar-refractivity contribution < 1.29 is 14.7 Å². The van der Waals surface area contributed by atoms with Crippen molar-refractivity contribution in [2.45, 2.75) is 39.3 Å². The molecule has 2 amide bonds. The predicted octanol–water partition coefficient (Wildman–Crippen LogP) is 2.55. The van der Waals surface area contributed by atoms with Gasteiger partial charge in [-0.15, -0.1) is 0 Å². The van der Waals surface area contributed by atoms with Gasteiger partial charge in [0.15, 0.2) is 0 Å². The highest BCUT2D eigenvalue weighted by atomic mass is 16.3. The lowest BCUT2D eigenvalue weighted by atomic mass is 10.1. The first-order chi connectivity index (χ1) is 12.9. The Morgan fingerprint density at radius 3 is 2.44 bits per heavy atom. The van der Waals surface area contributed by atoms with Crippen LogP contribution in [0.5, 0.6) is 0 Å². The van der Waals surface area contributed by atoms with E-state index < -0.39 is 24.0 Å². The van der Waals surface area contributed by atoms with Crippen LogP contribution in [0.4, 0.5) is 0 Å². The smallest absolute Gasteiger partial charge is 0.253 e. The molecule has 0 saturated carbocycles. The summed E-state index contributed by atoms with van der Waals surface area (Å²) in [5, 5.41) is 15.1. The van der Waals surface area contributed by atoms with Gasteiger partial charge in [-0.1, -0.05) is 44.2 Å². The van der Waals surface area contributed by atoms with Crippen LogP contribution in [0.2, 0.25) is 0 Å². The fraction of sp³-hybridized carbons (Fsp3) is 0.333. The number of pyridine rings is 1. The number of carbonyl (C=O) groups is 2. The van der Waals surface area contributed by atoms with Crippen molar-refractivity contribution >= 4 is 11.8 Å². The number of hydrogen-bond acceptors (Lipinski definition) is 4. The number of nitrogens with one attached hydrogen (secondary N) is 2. The summed E-state index contributed by atoms with van der Waals surface area (Å²) in [6, 6.07) is 10.2. The maximum atomic E-state index is 12.6. The SMILES string of the molecule is CC(C)C[CH]NC(=O)[C@@H](NC(=O)c1cncc(-c2ccccc2)c1)[C@@H](C)O. The molecule has 0 aliphatic carbocycles. The van der Waals surface area contributed by atoms with Gasteiger partial charge in [-0.3, -0.25) is 14.6 Å². The van der Waals surface area contributed by atoms with Gasteiger partial charge in [0.25, 0.3) is 5.91 Å². The molecule has 6 heteroatoms. The van der Waals surface area contributed by atoms with Crippen LogP contribution in [0.3, 0.4) is 0 Å². The average Bonchev–Trinajstić information content (AvgIpc) is 2.66. The zero-order valence-electron chi connectivity index (χ0n) is 15.8. The number of nitrogens with zero attached hydrogens (tertiary/aromatic N) is 1. The van der Waals surface area contributed by atoms with Crippen molar-refractivity contribution in [2.24, 2.45) is 5.92 Å². The van der Waals surface area contributed by atoms with Gasteiger partial charge in [-0.2, -0.15) is 0 Å². The minimum atomic E-state index is -1.05. The van der Waals surface area contributed by atoms with Crippen LogP contribution in [0.15, 0.2) is 48.8 Å². The Kier molecular flexibility index (Phi) is 7.49. The van der Waals surface area contributed by atoms with Crippen LogP contribution >= 0.6 is 0 Å². The zero-order chi connectivity index (χ0) is 19.8. The van der Waals surface area contributed by atoms with Crippen molar-refractivity contribution in [2.75, 3.05) is 0 Å². The topological polar surface area (TPSA) is 91.3 Å². The minimum absolute atomic E-state index is 0.320. The molecule has 1 aromatic carbocycles. The minimum Gasteiger partial charge on any atom is -0.391 e. The summed E-state index contributed by atoms with van der Waals surface area (Å²) >= 11 is 0. The molecule has 0 saturated heterocycles. The van der Waals surface area contributed by atoms with E-state index in [-0.39, 0.29) is 0 Å². The molecule has 1 aromatic heterocycles. The van der Waals surface area contributed by atoms with Gasteiger partial charge in [0.1, 0.15) is 6.04 Å². The second-order valence-electron chi connectivity index (χ2n) is 6.86. The van der Waals surface area contributed by atoms with E-state index in [9.17, 15) is 14.7 Å². The van der Waals surface area contributed by atoms with Crippen molar-refractivity contribution in [1.82, 2.24) is 15.6 Å². The molecule has 3 N–H and O–H groups in total. The van der Waals surface area contributed by atoms with Crippen LogP contribution in [-0.2, 0) is 4.79 Å². The van der Waals surface area contributed by atoms with Gasteiger partial charge in [0, 0.05) is 24.5 Å². The molecule has 0 spiro atoms. The number of rotatable bonds is 8. The fourth-order valence-corrected chi connectivity index (χ4v) is 2.47. The molecular formula is C21H26N3O3. The molecule has 0 aliphatic heterocycles. The average molecular weight is 368 g/mol. The monoisotopic (exact) mass is 368 g/mol. The third-order valence-corrected chi connectivity index (χ3v) is 3.99. The van der Waals surface area contributed by atoms with Crippen molar-refractivity contribution in [3.8, 4) is 11.1 Å². The number of aromatic nitrogens is 1. The number of hydrogen-bond donors (Lipinski definition) is 3. The molecular weight excluding hydrogens is 342 g/mol. The van der Waals surface area contributed by atoms with E-state index in [0.29, 0.717) is 17.9 Å². The standard InChI is InChI=1S/C21H26N3O3/c1-14(2)9-10-23-21(27)19(15(3)25)24-20(26)18-11-17(12-22-13-18)16-7-5-4-6-8-16/h4-8,10-15,19,25H,9H2,1-3H3,(H,23,27)(H,24,26)/t15-,19+/m1/s1. The third kappa shape index (κ3) is 6.18. The molecule has 2 atom stereocenters. The number of carbonyl (C=O) groups excluding carboxylic acids is 2. The Morgan fingerprint density at radius 2 is 1.81 bits per heavy atom. The molecule has 0 unspecified atom stereocenters. The summed E-state index contributed by atoms with van der Waals surface area (Å²) in [6.45, 7) is 7.17. The quantitative estimate of drug-likeness (QED) is 0.668. The maximum absolute atomic E-state index is 12.6.